The van der Waals surface area contributed by atoms with E-state index in [0.717, 1.165) is 50.5 Å². The molecular formula is C22H16N2O2. The van der Waals surface area contributed by atoms with E-state index in [4.69, 9.17) is 14.5 Å². The molecular weight excluding hydrogens is 324 g/mol. The summed E-state index contributed by atoms with van der Waals surface area (Å²) in [4.78, 5) is 9.37. The molecule has 5 rings (SSSR count). The number of hydrogen-bond donors (Lipinski definition) is 0. The zero-order valence-electron chi connectivity index (χ0n) is 14.3. The summed E-state index contributed by atoms with van der Waals surface area (Å²) in [5, 5.41) is 1.03. The molecule has 0 radical (unpaired) electrons. The number of nitrogens with zero attached hydrogens (tertiary/aromatic N) is 2. The topological polar surface area (TPSA) is 44.2 Å². The van der Waals surface area contributed by atoms with E-state index in [-0.39, 0.29) is 0 Å². The van der Waals surface area contributed by atoms with Gasteiger partial charge in [0.05, 0.1) is 12.8 Å². The summed E-state index contributed by atoms with van der Waals surface area (Å²) in [6.07, 6.45) is 1.78. The van der Waals surface area contributed by atoms with Crippen LogP contribution in [0.2, 0.25) is 0 Å². The van der Waals surface area contributed by atoms with Gasteiger partial charge >= 0.3 is 0 Å². The largest absolute Gasteiger partial charge is 0.497 e. The first-order valence-electron chi connectivity index (χ1n) is 8.49. The summed E-state index contributed by atoms with van der Waals surface area (Å²) in [5.74, 6) is 1.70. The first-order valence-corrected chi connectivity index (χ1v) is 8.49. The van der Waals surface area contributed by atoms with Gasteiger partial charge in [-0.25, -0.2) is 9.97 Å². The molecule has 0 amide bonds. The Balaban J connectivity index is 1.85. The predicted molar refractivity (Wildman–Crippen MR) is 101 cm³/mol. The molecule has 0 N–H and O–H groups in total. The zero-order chi connectivity index (χ0) is 17.5. The molecule has 0 saturated carbocycles. The van der Waals surface area contributed by atoms with Crippen molar-refractivity contribution < 1.29 is 9.47 Å². The molecule has 0 aliphatic carbocycles. The van der Waals surface area contributed by atoms with Crippen molar-refractivity contribution in [2.75, 3.05) is 7.11 Å². The number of methoxy groups -OCH3 is 1. The second kappa shape index (κ2) is 5.85. The van der Waals surface area contributed by atoms with Crippen LogP contribution in [0.15, 0.2) is 66.9 Å². The normalized spacial score (nSPS) is 12.2. The predicted octanol–water partition coefficient (Wildman–Crippen LogP) is 4.86. The Kier molecular flexibility index (Phi) is 3.35. The van der Waals surface area contributed by atoms with Gasteiger partial charge in [-0.1, -0.05) is 24.3 Å². The molecule has 1 aliphatic rings. The Morgan fingerprint density at radius 3 is 2.65 bits per heavy atom. The average molecular weight is 340 g/mol. The second-order valence-corrected chi connectivity index (χ2v) is 6.20. The molecule has 4 heteroatoms. The molecule has 0 unspecified atom stereocenters. The molecule has 0 atom stereocenters. The minimum atomic E-state index is 0.492. The van der Waals surface area contributed by atoms with Gasteiger partial charge in [-0.15, -0.1) is 0 Å². The lowest BCUT2D eigenvalue weighted by Gasteiger charge is -2.23. The fourth-order valence-corrected chi connectivity index (χ4v) is 3.52. The van der Waals surface area contributed by atoms with Gasteiger partial charge in [0.25, 0.3) is 0 Å². The fourth-order valence-electron chi connectivity index (χ4n) is 3.52. The fraction of sp³-hybridized carbons (Fsp3) is 0.0909. The van der Waals surface area contributed by atoms with Crippen molar-refractivity contribution >= 4 is 11.0 Å². The van der Waals surface area contributed by atoms with E-state index in [1.54, 1.807) is 13.3 Å². The minimum Gasteiger partial charge on any atom is -0.497 e. The molecule has 4 aromatic rings. The number of pyridine rings is 2. The summed E-state index contributed by atoms with van der Waals surface area (Å²) in [6, 6.07) is 20.1. The summed E-state index contributed by atoms with van der Waals surface area (Å²) in [7, 11) is 1.67. The van der Waals surface area contributed by atoms with Crippen molar-refractivity contribution in [2.45, 2.75) is 6.61 Å². The molecule has 1 aliphatic heterocycles. The van der Waals surface area contributed by atoms with Crippen LogP contribution in [0.25, 0.3) is 33.4 Å². The van der Waals surface area contributed by atoms with Crippen molar-refractivity contribution in [2.24, 2.45) is 0 Å². The number of hydrogen-bond acceptors (Lipinski definition) is 4. The zero-order valence-corrected chi connectivity index (χ0v) is 14.3. The minimum absolute atomic E-state index is 0.492. The molecule has 0 spiro atoms. The van der Waals surface area contributed by atoms with Crippen LogP contribution in [0.4, 0.5) is 0 Å². The lowest BCUT2D eigenvalue weighted by Crippen LogP contribution is -2.10. The van der Waals surface area contributed by atoms with Crippen LogP contribution in [0.3, 0.4) is 0 Å². The highest BCUT2D eigenvalue weighted by Crippen LogP contribution is 2.42. The SMILES string of the molecule is COc1ccc(-c2c3c(nc4ncccc24)-c2ccccc2OC3)cc1. The maximum absolute atomic E-state index is 6.02. The van der Waals surface area contributed by atoms with Crippen LogP contribution in [0.1, 0.15) is 5.56 Å². The van der Waals surface area contributed by atoms with Crippen molar-refractivity contribution in [3.63, 3.8) is 0 Å². The molecule has 0 saturated heterocycles. The maximum Gasteiger partial charge on any atom is 0.160 e. The van der Waals surface area contributed by atoms with Gasteiger partial charge < -0.3 is 9.47 Å². The van der Waals surface area contributed by atoms with Crippen LogP contribution >= 0.6 is 0 Å². The third-order valence-electron chi connectivity index (χ3n) is 4.75. The number of para-hydroxylation sites is 1. The van der Waals surface area contributed by atoms with E-state index < -0.39 is 0 Å². The quantitative estimate of drug-likeness (QED) is 0.522. The van der Waals surface area contributed by atoms with Gasteiger partial charge in [0.1, 0.15) is 18.1 Å². The Bertz CT molecular complexity index is 1120. The number of benzene rings is 2. The Hall–Kier alpha value is -3.40. The van der Waals surface area contributed by atoms with E-state index in [9.17, 15) is 0 Å². The Labute approximate surface area is 151 Å². The third kappa shape index (κ3) is 2.23. The summed E-state index contributed by atoms with van der Waals surface area (Å²) in [6.45, 7) is 0.492. The lowest BCUT2D eigenvalue weighted by atomic mass is 9.92. The molecule has 0 bridgehead atoms. The highest BCUT2D eigenvalue weighted by molar-refractivity contribution is 5.98. The van der Waals surface area contributed by atoms with Crippen molar-refractivity contribution in [1.29, 1.82) is 0 Å². The molecule has 3 heterocycles. The van der Waals surface area contributed by atoms with Gasteiger partial charge in [-0.3, -0.25) is 0 Å². The van der Waals surface area contributed by atoms with Crippen LogP contribution in [0, 0.1) is 0 Å². The van der Waals surface area contributed by atoms with E-state index in [0.29, 0.717) is 6.61 Å². The molecule has 2 aromatic heterocycles. The molecule has 4 nitrogen and oxygen atoms in total. The van der Waals surface area contributed by atoms with E-state index in [1.807, 2.05) is 42.5 Å². The number of aromatic nitrogens is 2. The van der Waals surface area contributed by atoms with Crippen molar-refractivity contribution in [1.82, 2.24) is 9.97 Å². The average Bonchev–Trinajstić information content (AvgIpc) is 2.72. The van der Waals surface area contributed by atoms with Crippen molar-refractivity contribution in [3.05, 3.63) is 72.4 Å². The number of fused-ring (bicyclic) bond motifs is 4. The molecule has 2 aromatic carbocycles. The highest BCUT2D eigenvalue weighted by Gasteiger charge is 2.24. The smallest absolute Gasteiger partial charge is 0.160 e. The first-order chi connectivity index (χ1) is 12.8. The van der Waals surface area contributed by atoms with Crippen LogP contribution in [0.5, 0.6) is 11.5 Å². The van der Waals surface area contributed by atoms with Gasteiger partial charge in [0.15, 0.2) is 5.65 Å². The van der Waals surface area contributed by atoms with Gasteiger partial charge in [-0.05, 0) is 42.0 Å². The monoisotopic (exact) mass is 340 g/mol. The standard InChI is InChI=1S/C22H16N2O2/c1-25-15-10-8-14(9-11-15)20-17-6-4-12-23-22(17)24-21-16-5-2-3-7-19(16)26-13-18(20)21/h2-12H,13H2,1H3. The van der Waals surface area contributed by atoms with Crippen LogP contribution < -0.4 is 9.47 Å². The van der Waals surface area contributed by atoms with Crippen LogP contribution in [-0.2, 0) is 6.61 Å². The summed E-state index contributed by atoms with van der Waals surface area (Å²) >= 11 is 0. The number of ether oxygens (including phenoxy) is 2. The van der Waals surface area contributed by atoms with Gasteiger partial charge in [0.2, 0.25) is 0 Å². The van der Waals surface area contributed by atoms with Gasteiger partial charge in [0, 0.05) is 28.3 Å². The van der Waals surface area contributed by atoms with E-state index >= 15 is 0 Å². The third-order valence-corrected chi connectivity index (χ3v) is 4.75. The van der Waals surface area contributed by atoms with Crippen molar-refractivity contribution in [3.8, 4) is 33.9 Å². The van der Waals surface area contributed by atoms with Gasteiger partial charge in [-0.2, -0.15) is 0 Å². The summed E-state index contributed by atoms with van der Waals surface area (Å²) < 4.78 is 11.3. The maximum atomic E-state index is 6.02. The van der Waals surface area contributed by atoms with Crippen LogP contribution in [-0.4, -0.2) is 17.1 Å². The van der Waals surface area contributed by atoms with E-state index in [1.165, 1.54) is 0 Å². The Morgan fingerprint density at radius 1 is 0.962 bits per heavy atom. The highest BCUT2D eigenvalue weighted by atomic mass is 16.5. The first kappa shape index (κ1) is 14.9. The summed E-state index contributed by atoms with van der Waals surface area (Å²) in [5.41, 5.74) is 6.02. The van der Waals surface area contributed by atoms with E-state index in [2.05, 4.69) is 23.2 Å². The number of rotatable bonds is 2. The molecule has 26 heavy (non-hydrogen) atoms. The lowest BCUT2D eigenvalue weighted by molar-refractivity contribution is 0.302. The molecule has 0 fully saturated rings. The Morgan fingerprint density at radius 2 is 1.81 bits per heavy atom. The molecule has 126 valence electrons. The second-order valence-electron chi connectivity index (χ2n) is 6.20.